The molecule has 0 aromatic carbocycles. The first-order valence-electron chi connectivity index (χ1n) is 6.43. The van der Waals surface area contributed by atoms with E-state index < -0.39 is 0 Å². The third kappa shape index (κ3) is 3.75. The lowest BCUT2D eigenvalue weighted by Gasteiger charge is -2.18. The Balaban J connectivity index is 2.10. The highest BCUT2D eigenvalue weighted by atomic mass is 32.2. The van der Waals surface area contributed by atoms with Gasteiger partial charge in [0.1, 0.15) is 6.10 Å². The minimum Gasteiger partial charge on any atom is -0.481 e. The molecule has 0 spiro atoms. The van der Waals surface area contributed by atoms with Gasteiger partial charge in [-0.15, -0.1) is 0 Å². The summed E-state index contributed by atoms with van der Waals surface area (Å²) < 4.78 is 15.6. The quantitative estimate of drug-likeness (QED) is 0.608. The number of hydrogen-bond acceptors (Lipinski definition) is 7. The molecule has 0 saturated heterocycles. The zero-order chi connectivity index (χ0) is 14.5. The van der Waals surface area contributed by atoms with E-state index in [9.17, 15) is 4.79 Å². The first kappa shape index (κ1) is 14.9. The second-order valence-corrected chi connectivity index (χ2v) is 5.68. The number of methoxy groups -OCH3 is 2. The van der Waals surface area contributed by atoms with Crippen molar-refractivity contribution in [3.8, 4) is 11.8 Å². The van der Waals surface area contributed by atoms with Crippen molar-refractivity contribution in [3.63, 3.8) is 0 Å². The zero-order valence-corrected chi connectivity index (χ0v) is 12.6. The first-order valence-corrected chi connectivity index (χ1v) is 7.31. The van der Waals surface area contributed by atoms with E-state index in [2.05, 4.69) is 9.97 Å². The Kier molecular flexibility index (Phi) is 5.05. The van der Waals surface area contributed by atoms with Crippen LogP contribution in [0.4, 0.5) is 0 Å². The van der Waals surface area contributed by atoms with Gasteiger partial charge in [0.05, 0.1) is 20.3 Å². The van der Waals surface area contributed by atoms with Crippen LogP contribution in [-0.2, 0) is 9.53 Å². The molecule has 0 bridgehead atoms. The van der Waals surface area contributed by atoms with E-state index in [0.717, 1.165) is 19.3 Å². The molecule has 0 radical (unpaired) electrons. The first-order chi connectivity index (χ1) is 9.62. The minimum absolute atomic E-state index is 0.0710. The zero-order valence-electron chi connectivity index (χ0n) is 11.8. The Bertz CT molecular complexity index is 461. The standard InChI is InChI=1S/C13H18N2O4S/c1-8(16)19-9-5-4-6-10(9)20-13-14-11(17-2)7-12(15-13)18-3/h7,9-10H,4-6H2,1-3H3. The molecular weight excluding hydrogens is 280 g/mol. The predicted octanol–water partition coefficient (Wildman–Crippen LogP) is 2.07. The van der Waals surface area contributed by atoms with Crippen molar-refractivity contribution in [2.45, 2.75) is 42.7 Å². The average Bonchev–Trinajstić information content (AvgIpc) is 2.84. The summed E-state index contributed by atoms with van der Waals surface area (Å²) in [6.07, 6.45) is 2.83. The molecule has 20 heavy (non-hydrogen) atoms. The Hall–Kier alpha value is -1.50. The molecule has 0 N–H and O–H groups in total. The van der Waals surface area contributed by atoms with Crippen LogP contribution in [-0.4, -0.2) is 41.5 Å². The summed E-state index contributed by atoms with van der Waals surface area (Å²) in [5, 5.41) is 0.751. The molecule has 1 aromatic heterocycles. The number of ether oxygens (including phenoxy) is 3. The van der Waals surface area contributed by atoms with Gasteiger partial charge in [0.15, 0.2) is 5.16 Å². The molecule has 1 fully saturated rings. The number of esters is 1. The third-order valence-corrected chi connectivity index (χ3v) is 4.28. The number of rotatable bonds is 5. The fourth-order valence-corrected chi connectivity index (χ4v) is 3.34. The molecule has 1 aliphatic carbocycles. The smallest absolute Gasteiger partial charge is 0.302 e. The van der Waals surface area contributed by atoms with Crippen LogP contribution in [0.3, 0.4) is 0 Å². The van der Waals surface area contributed by atoms with Crippen molar-refractivity contribution in [1.82, 2.24) is 9.97 Å². The van der Waals surface area contributed by atoms with E-state index in [1.54, 1.807) is 20.3 Å². The molecule has 2 rings (SSSR count). The van der Waals surface area contributed by atoms with Gasteiger partial charge in [-0.25, -0.2) is 0 Å². The Labute approximate surface area is 122 Å². The third-order valence-electron chi connectivity index (χ3n) is 3.04. The van der Waals surface area contributed by atoms with Gasteiger partial charge >= 0.3 is 5.97 Å². The van der Waals surface area contributed by atoms with Crippen molar-refractivity contribution in [1.29, 1.82) is 0 Å². The molecule has 6 nitrogen and oxygen atoms in total. The van der Waals surface area contributed by atoms with E-state index in [0.29, 0.717) is 16.9 Å². The lowest BCUT2D eigenvalue weighted by atomic mass is 10.3. The van der Waals surface area contributed by atoms with Gasteiger partial charge in [0, 0.05) is 12.2 Å². The molecule has 110 valence electrons. The molecule has 0 amide bonds. The highest BCUT2D eigenvalue weighted by Crippen LogP contribution is 2.36. The van der Waals surface area contributed by atoms with Crippen molar-refractivity contribution in [2.24, 2.45) is 0 Å². The molecule has 2 atom stereocenters. The van der Waals surface area contributed by atoms with Gasteiger partial charge in [-0.1, -0.05) is 11.8 Å². The van der Waals surface area contributed by atoms with E-state index in [4.69, 9.17) is 14.2 Å². The number of carbonyl (C=O) groups excluding carboxylic acids is 1. The van der Waals surface area contributed by atoms with Crippen molar-refractivity contribution >= 4 is 17.7 Å². The minimum atomic E-state index is -0.244. The molecule has 7 heteroatoms. The summed E-state index contributed by atoms with van der Waals surface area (Å²) in [5.41, 5.74) is 0. The fraction of sp³-hybridized carbons (Fsp3) is 0.615. The van der Waals surface area contributed by atoms with Crippen LogP contribution in [0.2, 0.25) is 0 Å². The Morgan fingerprint density at radius 3 is 2.45 bits per heavy atom. The van der Waals surface area contributed by atoms with Crippen LogP contribution in [0, 0.1) is 0 Å². The van der Waals surface area contributed by atoms with Crippen LogP contribution >= 0.6 is 11.8 Å². The lowest BCUT2D eigenvalue weighted by molar-refractivity contribution is -0.145. The van der Waals surface area contributed by atoms with Gasteiger partial charge in [-0.2, -0.15) is 9.97 Å². The summed E-state index contributed by atoms with van der Waals surface area (Å²) in [7, 11) is 3.10. The second-order valence-electron chi connectivity index (χ2n) is 4.47. The average molecular weight is 298 g/mol. The number of hydrogen-bond donors (Lipinski definition) is 0. The molecule has 1 heterocycles. The summed E-state index contributed by atoms with van der Waals surface area (Å²) in [6.45, 7) is 1.44. The lowest BCUT2D eigenvalue weighted by Crippen LogP contribution is -2.23. The monoisotopic (exact) mass is 298 g/mol. The maximum atomic E-state index is 11.1. The second kappa shape index (κ2) is 6.78. The van der Waals surface area contributed by atoms with E-state index in [-0.39, 0.29) is 17.3 Å². The van der Waals surface area contributed by atoms with Gasteiger partial charge in [0.2, 0.25) is 11.8 Å². The van der Waals surface area contributed by atoms with Crippen LogP contribution in [0.15, 0.2) is 11.2 Å². The van der Waals surface area contributed by atoms with Crippen molar-refractivity contribution in [3.05, 3.63) is 6.07 Å². The number of thioether (sulfide) groups is 1. The molecule has 2 unspecified atom stereocenters. The fourth-order valence-electron chi connectivity index (χ4n) is 2.16. The SMILES string of the molecule is COc1cc(OC)nc(SC2CCCC2OC(C)=O)n1. The summed E-state index contributed by atoms with van der Waals surface area (Å²) in [5.74, 6) is 0.675. The van der Waals surface area contributed by atoms with Crippen LogP contribution in [0.5, 0.6) is 11.8 Å². The molecule has 1 aromatic rings. The van der Waals surface area contributed by atoms with Crippen molar-refractivity contribution < 1.29 is 19.0 Å². The van der Waals surface area contributed by atoms with E-state index >= 15 is 0 Å². The van der Waals surface area contributed by atoms with Gasteiger partial charge in [0.25, 0.3) is 0 Å². The van der Waals surface area contributed by atoms with Crippen LogP contribution in [0.1, 0.15) is 26.2 Å². The highest BCUT2D eigenvalue weighted by Gasteiger charge is 2.31. The van der Waals surface area contributed by atoms with E-state index in [1.165, 1.54) is 18.7 Å². The maximum Gasteiger partial charge on any atom is 0.302 e. The number of nitrogens with zero attached hydrogens (tertiary/aromatic N) is 2. The summed E-state index contributed by atoms with van der Waals surface area (Å²) in [6, 6.07) is 1.63. The van der Waals surface area contributed by atoms with E-state index in [1.807, 2.05) is 0 Å². The number of carbonyl (C=O) groups is 1. The van der Waals surface area contributed by atoms with Gasteiger partial charge in [-0.3, -0.25) is 4.79 Å². The highest BCUT2D eigenvalue weighted by molar-refractivity contribution is 7.99. The molecular formula is C13H18N2O4S. The Morgan fingerprint density at radius 2 is 1.90 bits per heavy atom. The number of aromatic nitrogens is 2. The Morgan fingerprint density at radius 1 is 1.25 bits per heavy atom. The van der Waals surface area contributed by atoms with Gasteiger partial charge in [-0.05, 0) is 19.3 Å². The van der Waals surface area contributed by atoms with Crippen molar-refractivity contribution in [2.75, 3.05) is 14.2 Å². The maximum absolute atomic E-state index is 11.1. The topological polar surface area (TPSA) is 70.5 Å². The molecule has 1 saturated carbocycles. The summed E-state index contributed by atoms with van der Waals surface area (Å²) >= 11 is 1.50. The predicted molar refractivity (Wildman–Crippen MR) is 74.2 cm³/mol. The molecule has 1 aliphatic rings. The van der Waals surface area contributed by atoms with Gasteiger partial charge < -0.3 is 14.2 Å². The van der Waals surface area contributed by atoms with Crippen LogP contribution < -0.4 is 9.47 Å². The normalized spacial score (nSPS) is 21.6. The summed E-state index contributed by atoms with van der Waals surface area (Å²) in [4.78, 5) is 19.7. The molecule has 0 aliphatic heterocycles. The van der Waals surface area contributed by atoms with Crippen LogP contribution in [0.25, 0.3) is 0 Å². The largest absolute Gasteiger partial charge is 0.481 e.